The monoisotopic (exact) mass is 364 g/mol. The lowest BCUT2D eigenvalue weighted by Crippen LogP contribution is -2.29. The number of rotatable bonds is 5. The Kier molecular flexibility index (Phi) is 5.04. The van der Waals surface area contributed by atoms with E-state index in [0.717, 1.165) is 24.5 Å². The minimum Gasteiger partial charge on any atom is -0.357 e. The Balaban J connectivity index is 1.40. The molecule has 1 amide bonds. The van der Waals surface area contributed by atoms with E-state index >= 15 is 0 Å². The first-order chi connectivity index (χ1) is 13.3. The Morgan fingerprint density at radius 1 is 1.11 bits per heavy atom. The smallest absolute Gasteiger partial charge is 0.316 e. The number of anilines is 1. The van der Waals surface area contributed by atoms with Crippen LogP contribution < -0.4 is 10.2 Å². The first-order valence-electron chi connectivity index (χ1n) is 9.02. The third-order valence-electron chi connectivity index (χ3n) is 4.51. The highest BCUT2D eigenvalue weighted by Crippen LogP contribution is 2.21. The average molecular weight is 364 g/mol. The highest BCUT2D eigenvalue weighted by molar-refractivity contribution is 5.89. The molecule has 8 heteroatoms. The lowest BCUT2D eigenvalue weighted by Gasteiger charge is -2.27. The van der Waals surface area contributed by atoms with Crippen LogP contribution in [0, 0.1) is 0 Å². The molecule has 0 aromatic carbocycles. The number of nitrogens with one attached hydrogen (secondary N) is 1. The lowest BCUT2D eigenvalue weighted by atomic mass is 10.1. The molecule has 3 aromatic heterocycles. The van der Waals surface area contributed by atoms with Gasteiger partial charge < -0.3 is 14.7 Å². The molecule has 1 aliphatic heterocycles. The van der Waals surface area contributed by atoms with Crippen molar-refractivity contribution in [2.75, 3.05) is 18.0 Å². The van der Waals surface area contributed by atoms with E-state index in [-0.39, 0.29) is 5.89 Å². The van der Waals surface area contributed by atoms with E-state index in [0.29, 0.717) is 17.9 Å². The number of amides is 1. The molecule has 1 aliphatic rings. The summed E-state index contributed by atoms with van der Waals surface area (Å²) in [4.78, 5) is 27.1. The van der Waals surface area contributed by atoms with E-state index in [1.807, 2.05) is 24.3 Å². The molecule has 0 saturated carbocycles. The fourth-order valence-corrected chi connectivity index (χ4v) is 3.02. The third kappa shape index (κ3) is 4.11. The molecule has 3 aromatic rings. The van der Waals surface area contributed by atoms with E-state index in [1.54, 1.807) is 18.6 Å². The van der Waals surface area contributed by atoms with Crippen LogP contribution >= 0.6 is 0 Å². The summed E-state index contributed by atoms with van der Waals surface area (Å²) in [5.74, 6) is 0.821. The normalized spacial score (nSPS) is 14.1. The molecule has 4 rings (SSSR count). The van der Waals surface area contributed by atoms with Gasteiger partial charge in [0.05, 0.1) is 0 Å². The van der Waals surface area contributed by atoms with Gasteiger partial charge in [0.2, 0.25) is 5.82 Å². The minimum atomic E-state index is -0.413. The van der Waals surface area contributed by atoms with Gasteiger partial charge in [-0.1, -0.05) is 5.16 Å². The number of carbonyl (C=O) groups excluding carboxylic acids is 1. The Bertz CT molecular complexity index is 888. The summed E-state index contributed by atoms with van der Waals surface area (Å²) in [6.07, 6.45) is 8.75. The van der Waals surface area contributed by atoms with Crippen LogP contribution in [0.2, 0.25) is 0 Å². The van der Waals surface area contributed by atoms with E-state index in [2.05, 4.69) is 30.3 Å². The maximum Gasteiger partial charge on any atom is 0.316 e. The zero-order valence-corrected chi connectivity index (χ0v) is 14.8. The number of hydrogen-bond acceptors (Lipinski definition) is 7. The number of nitrogens with zero attached hydrogens (tertiary/aromatic N) is 5. The summed E-state index contributed by atoms with van der Waals surface area (Å²) in [5.41, 5.74) is 1.66. The summed E-state index contributed by atoms with van der Waals surface area (Å²) < 4.78 is 5.09. The summed E-state index contributed by atoms with van der Waals surface area (Å²) in [5, 5.41) is 6.64. The zero-order valence-electron chi connectivity index (χ0n) is 14.8. The Morgan fingerprint density at radius 3 is 2.67 bits per heavy atom. The molecule has 27 heavy (non-hydrogen) atoms. The summed E-state index contributed by atoms with van der Waals surface area (Å²) in [6, 6.07) is 7.52. The van der Waals surface area contributed by atoms with Gasteiger partial charge in [-0.25, -0.2) is 4.98 Å². The highest BCUT2D eigenvalue weighted by Gasteiger charge is 2.17. The van der Waals surface area contributed by atoms with Crippen molar-refractivity contribution in [2.24, 2.45) is 0 Å². The summed E-state index contributed by atoms with van der Waals surface area (Å²) in [7, 11) is 0. The van der Waals surface area contributed by atoms with Gasteiger partial charge in [0.25, 0.3) is 0 Å². The number of aromatic nitrogens is 4. The second kappa shape index (κ2) is 7.94. The molecule has 1 fully saturated rings. The van der Waals surface area contributed by atoms with Crippen LogP contribution in [0.5, 0.6) is 0 Å². The second-order valence-electron chi connectivity index (χ2n) is 6.41. The molecule has 138 valence electrons. The zero-order chi connectivity index (χ0) is 18.5. The third-order valence-corrected chi connectivity index (χ3v) is 4.51. The molecule has 0 bridgehead atoms. The molecule has 0 unspecified atom stereocenters. The second-order valence-corrected chi connectivity index (χ2v) is 6.41. The maximum atomic E-state index is 12.2. The van der Waals surface area contributed by atoms with Gasteiger partial charge >= 0.3 is 11.8 Å². The van der Waals surface area contributed by atoms with Gasteiger partial charge in [-0.2, -0.15) is 4.98 Å². The fraction of sp³-hybridized carbons (Fsp3) is 0.316. The number of carbonyl (C=O) groups is 1. The van der Waals surface area contributed by atoms with Crippen LogP contribution in [0.1, 0.15) is 35.5 Å². The van der Waals surface area contributed by atoms with Crippen molar-refractivity contribution in [3.05, 3.63) is 54.3 Å². The van der Waals surface area contributed by atoms with E-state index in [9.17, 15) is 4.79 Å². The van der Waals surface area contributed by atoms with Crippen molar-refractivity contribution in [1.82, 2.24) is 25.4 Å². The van der Waals surface area contributed by atoms with Gasteiger partial charge in [-0.3, -0.25) is 9.78 Å². The van der Waals surface area contributed by atoms with Crippen LogP contribution in [0.15, 0.2) is 47.4 Å². The van der Waals surface area contributed by atoms with Crippen LogP contribution in [0.3, 0.4) is 0 Å². The molecule has 0 aliphatic carbocycles. The van der Waals surface area contributed by atoms with Crippen molar-refractivity contribution in [1.29, 1.82) is 0 Å². The Hall–Kier alpha value is -3.29. The Labute approximate surface area is 156 Å². The average Bonchev–Trinajstić information content (AvgIpc) is 3.24. The van der Waals surface area contributed by atoms with Crippen molar-refractivity contribution >= 4 is 11.7 Å². The van der Waals surface area contributed by atoms with E-state index in [1.165, 1.54) is 19.3 Å². The van der Waals surface area contributed by atoms with Crippen LogP contribution in [-0.4, -0.2) is 39.1 Å². The first kappa shape index (κ1) is 17.1. The van der Waals surface area contributed by atoms with Crippen LogP contribution in [0.25, 0.3) is 11.4 Å². The molecule has 8 nitrogen and oxygen atoms in total. The SMILES string of the molecule is O=C(NCc1ccncc1)c1nc(-c2ccc(N3CCCCC3)nc2)no1. The molecule has 0 atom stereocenters. The van der Waals surface area contributed by atoms with E-state index < -0.39 is 5.91 Å². The van der Waals surface area contributed by atoms with Crippen LogP contribution in [-0.2, 0) is 6.54 Å². The van der Waals surface area contributed by atoms with Gasteiger partial charge in [0, 0.05) is 43.8 Å². The fourth-order valence-electron chi connectivity index (χ4n) is 3.02. The van der Waals surface area contributed by atoms with Crippen molar-refractivity contribution in [2.45, 2.75) is 25.8 Å². The van der Waals surface area contributed by atoms with Gasteiger partial charge in [0.15, 0.2) is 0 Å². The number of hydrogen-bond donors (Lipinski definition) is 1. The maximum absolute atomic E-state index is 12.2. The molecule has 1 saturated heterocycles. The number of piperidine rings is 1. The minimum absolute atomic E-state index is 0.0702. The molecular formula is C19H20N6O2. The van der Waals surface area contributed by atoms with Crippen molar-refractivity contribution in [3.63, 3.8) is 0 Å². The summed E-state index contributed by atoms with van der Waals surface area (Å²) >= 11 is 0. The molecule has 4 heterocycles. The van der Waals surface area contributed by atoms with Crippen molar-refractivity contribution < 1.29 is 9.32 Å². The highest BCUT2D eigenvalue weighted by atomic mass is 16.5. The topological polar surface area (TPSA) is 97.0 Å². The Morgan fingerprint density at radius 2 is 1.93 bits per heavy atom. The summed E-state index contributed by atoms with van der Waals surface area (Å²) in [6.45, 7) is 2.44. The van der Waals surface area contributed by atoms with Crippen LogP contribution in [0.4, 0.5) is 5.82 Å². The standard InChI is InChI=1S/C19H20N6O2/c26-18(22-12-14-6-8-20-9-7-14)19-23-17(24-27-19)15-4-5-16(21-13-15)25-10-2-1-3-11-25/h4-9,13H,1-3,10-12H2,(H,22,26). The van der Waals surface area contributed by atoms with Gasteiger partial charge in [-0.05, 0) is 49.1 Å². The van der Waals surface area contributed by atoms with Gasteiger partial charge in [-0.15, -0.1) is 0 Å². The quantitative estimate of drug-likeness (QED) is 0.742. The molecule has 0 radical (unpaired) electrons. The predicted molar refractivity (Wildman–Crippen MR) is 99.0 cm³/mol. The van der Waals surface area contributed by atoms with E-state index in [4.69, 9.17) is 4.52 Å². The number of pyridine rings is 2. The van der Waals surface area contributed by atoms with Crippen molar-refractivity contribution in [3.8, 4) is 11.4 Å². The molecule has 1 N–H and O–H groups in total. The lowest BCUT2D eigenvalue weighted by molar-refractivity contribution is 0.0907. The molecule has 0 spiro atoms. The van der Waals surface area contributed by atoms with Gasteiger partial charge in [0.1, 0.15) is 5.82 Å². The largest absolute Gasteiger partial charge is 0.357 e. The molecular weight excluding hydrogens is 344 g/mol. The predicted octanol–water partition coefficient (Wildman–Crippen LogP) is 2.45. The first-order valence-corrected chi connectivity index (χ1v) is 9.02.